The third-order valence-corrected chi connectivity index (χ3v) is 5.79. The van der Waals surface area contributed by atoms with Gasteiger partial charge in [0, 0.05) is 31.0 Å². The number of piperidine rings is 1. The molecular formula is C20H23ClF4N4O5. The van der Waals surface area contributed by atoms with Crippen molar-refractivity contribution in [3.8, 4) is 5.75 Å². The number of hydrogen-bond acceptors (Lipinski definition) is 6. The molecule has 0 unspecified atom stereocenters. The summed E-state index contributed by atoms with van der Waals surface area (Å²) in [7, 11) is 0. The SMILES string of the molecule is O=C(COc1ccc(Cl)c(F)c1)NN1CCC(C(=O)NNC(=O)[C@H]2C[C@@H](OC(F)(F)F)C2)CC1. The lowest BCUT2D eigenvalue weighted by Crippen LogP contribution is -2.53. The predicted octanol–water partition coefficient (Wildman–Crippen LogP) is 2.06. The van der Waals surface area contributed by atoms with Gasteiger partial charge in [-0.3, -0.25) is 35.4 Å². The summed E-state index contributed by atoms with van der Waals surface area (Å²) in [5.74, 6) is -3.03. The van der Waals surface area contributed by atoms with Crippen molar-refractivity contribution in [3.05, 3.63) is 29.0 Å². The summed E-state index contributed by atoms with van der Waals surface area (Å²) in [5.41, 5.74) is 7.17. The van der Waals surface area contributed by atoms with Gasteiger partial charge in [0.2, 0.25) is 11.8 Å². The highest BCUT2D eigenvalue weighted by Crippen LogP contribution is 2.34. The van der Waals surface area contributed by atoms with Crippen molar-refractivity contribution in [2.75, 3.05) is 19.7 Å². The molecule has 0 spiro atoms. The second-order valence-corrected chi connectivity index (χ2v) is 8.40. The summed E-state index contributed by atoms with van der Waals surface area (Å²) in [4.78, 5) is 36.2. The molecule has 1 heterocycles. The monoisotopic (exact) mass is 510 g/mol. The van der Waals surface area contributed by atoms with Gasteiger partial charge < -0.3 is 4.74 Å². The number of rotatable bonds is 7. The van der Waals surface area contributed by atoms with E-state index in [9.17, 15) is 31.9 Å². The Bertz CT molecular complexity index is 905. The molecule has 2 aliphatic rings. The Labute approximate surface area is 197 Å². The fourth-order valence-electron chi connectivity index (χ4n) is 3.57. The Hall–Kier alpha value is -2.64. The fraction of sp³-hybridized carbons (Fsp3) is 0.550. The summed E-state index contributed by atoms with van der Waals surface area (Å²) in [6.07, 6.45) is -5.14. The topological polar surface area (TPSA) is 109 Å². The van der Waals surface area contributed by atoms with Gasteiger partial charge in [-0.25, -0.2) is 9.40 Å². The van der Waals surface area contributed by atoms with Crippen LogP contribution in [0, 0.1) is 17.7 Å². The van der Waals surface area contributed by atoms with Crippen LogP contribution in [0.1, 0.15) is 25.7 Å². The van der Waals surface area contributed by atoms with Crippen molar-refractivity contribution in [3.63, 3.8) is 0 Å². The molecule has 3 rings (SSSR count). The Morgan fingerprint density at radius 1 is 1.06 bits per heavy atom. The molecule has 1 aromatic rings. The normalized spacial score (nSPS) is 21.3. The fourth-order valence-corrected chi connectivity index (χ4v) is 3.69. The Morgan fingerprint density at radius 3 is 2.26 bits per heavy atom. The van der Waals surface area contributed by atoms with Gasteiger partial charge in [-0.15, -0.1) is 13.2 Å². The number of carbonyl (C=O) groups is 3. The first kappa shape index (κ1) is 26.0. The van der Waals surface area contributed by atoms with Gasteiger partial charge in [0.05, 0.1) is 11.1 Å². The number of benzene rings is 1. The zero-order valence-electron chi connectivity index (χ0n) is 17.8. The Balaban J connectivity index is 1.29. The van der Waals surface area contributed by atoms with Crippen LogP contribution in [-0.4, -0.2) is 54.9 Å². The molecule has 1 saturated heterocycles. The lowest BCUT2D eigenvalue weighted by molar-refractivity contribution is -0.353. The molecule has 3 N–H and O–H groups in total. The van der Waals surface area contributed by atoms with Crippen molar-refractivity contribution in [2.45, 2.75) is 38.1 Å². The number of alkyl halides is 3. The third kappa shape index (κ3) is 7.71. The molecule has 0 bridgehead atoms. The molecule has 188 valence electrons. The largest absolute Gasteiger partial charge is 0.522 e. The maximum atomic E-state index is 13.4. The highest BCUT2D eigenvalue weighted by molar-refractivity contribution is 6.30. The average molecular weight is 511 g/mol. The number of carbonyl (C=O) groups excluding carboxylic acids is 3. The molecule has 1 aliphatic carbocycles. The van der Waals surface area contributed by atoms with Gasteiger partial charge in [-0.2, -0.15) is 0 Å². The minimum absolute atomic E-state index is 0.0597. The van der Waals surface area contributed by atoms with Crippen molar-refractivity contribution in [2.24, 2.45) is 11.8 Å². The van der Waals surface area contributed by atoms with Crippen LogP contribution in [0.25, 0.3) is 0 Å². The summed E-state index contributed by atoms with van der Waals surface area (Å²) >= 11 is 5.58. The van der Waals surface area contributed by atoms with E-state index in [-0.39, 0.29) is 30.2 Å². The molecule has 0 radical (unpaired) electrons. The lowest BCUT2D eigenvalue weighted by Gasteiger charge is -2.34. The molecule has 2 fully saturated rings. The molecule has 9 nitrogen and oxygen atoms in total. The Kier molecular flexibility index (Phi) is 8.55. The average Bonchev–Trinajstić information content (AvgIpc) is 2.74. The number of hydrogen-bond donors (Lipinski definition) is 3. The zero-order valence-corrected chi connectivity index (χ0v) is 18.5. The standard InChI is InChI=1S/C20H23ClF4N4O5/c21-15-2-1-13(9-16(15)22)33-10-17(30)28-29-5-3-11(4-6-29)18(31)26-27-19(32)12-7-14(8-12)34-20(23,24)25/h1-2,9,11-12,14H,3-8,10H2,(H,26,31)(H,27,32)(H,28,30)/t12-,14+. The van der Waals surface area contributed by atoms with E-state index >= 15 is 0 Å². The number of amides is 3. The maximum Gasteiger partial charge on any atom is 0.522 e. The van der Waals surface area contributed by atoms with Crippen LogP contribution in [0.5, 0.6) is 5.75 Å². The number of ether oxygens (including phenoxy) is 2. The van der Waals surface area contributed by atoms with E-state index in [0.29, 0.717) is 25.9 Å². The first-order valence-corrected chi connectivity index (χ1v) is 10.8. The van der Waals surface area contributed by atoms with Crippen molar-refractivity contribution in [1.29, 1.82) is 0 Å². The van der Waals surface area contributed by atoms with E-state index in [4.69, 9.17) is 16.3 Å². The molecular weight excluding hydrogens is 488 g/mol. The summed E-state index contributed by atoms with van der Waals surface area (Å²) in [6.45, 7) is 0.391. The minimum atomic E-state index is -4.74. The molecule has 14 heteroatoms. The molecule has 1 aliphatic heterocycles. The number of nitrogens with one attached hydrogen (secondary N) is 3. The predicted molar refractivity (Wildman–Crippen MR) is 109 cm³/mol. The summed E-state index contributed by atoms with van der Waals surface area (Å²) in [6, 6.07) is 3.81. The first-order chi connectivity index (χ1) is 16.0. The van der Waals surface area contributed by atoms with E-state index in [1.54, 1.807) is 5.01 Å². The minimum Gasteiger partial charge on any atom is -0.484 e. The molecule has 1 aromatic carbocycles. The van der Waals surface area contributed by atoms with Crippen LogP contribution in [0.4, 0.5) is 17.6 Å². The number of hydrazine groups is 2. The van der Waals surface area contributed by atoms with Crippen LogP contribution in [0.15, 0.2) is 18.2 Å². The van der Waals surface area contributed by atoms with E-state index in [1.807, 2.05) is 0 Å². The summed E-state index contributed by atoms with van der Waals surface area (Å²) < 4.78 is 58.8. The van der Waals surface area contributed by atoms with E-state index in [2.05, 4.69) is 21.0 Å². The van der Waals surface area contributed by atoms with Crippen molar-refractivity contribution < 1.29 is 41.4 Å². The Morgan fingerprint density at radius 2 is 1.68 bits per heavy atom. The molecule has 34 heavy (non-hydrogen) atoms. The first-order valence-electron chi connectivity index (χ1n) is 10.5. The van der Waals surface area contributed by atoms with Crippen LogP contribution in [0.3, 0.4) is 0 Å². The smallest absolute Gasteiger partial charge is 0.484 e. The van der Waals surface area contributed by atoms with Gasteiger partial charge >= 0.3 is 6.36 Å². The van der Waals surface area contributed by atoms with E-state index in [1.165, 1.54) is 12.1 Å². The number of nitrogens with zero attached hydrogens (tertiary/aromatic N) is 1. The van der Waals surface area contributed by atoms with Crippen LogP contribution >= 0.6 is 11.6 Å². The highest BCUT2D eigenvalue weighted by atomic mass is 35.5. The van der Waals surface area contributed by atoms with Crippen molar-refractivity contribution in [1.82, 2.24) is 21.3 Å². The quantitative estimate of drug-likeness (QED) is 0.383. The third-order valence-electron chi connectivity index (χ3n) is 5.48. The molecule has 1 saturated carbocycles. The van der Waals surface area contributed by atoms with Crippen LogP contribution in [0.2, 0.25) is 5.02 Å². The second-order valence-electron chi connectivity index (χ2n) is 7.99. The molecule has 0 aromatic heterocycles. The maximum absolute atomic E-state index is 13.4. The molecule has 3 amide bonds. The number of halogens is 5. The highest BCUT2D eigenvalue weighted by Gasteiger charge is 2.42. The van der Waals surface area contributed by atoms with Gasteiger partial charge in [0.1, 0.15) is 11.6 Å². The lowest BCUT2D eigenvalue weighted by atomic mass is 9.82. The van der Waals surface area contributed by atoms with Gasteiger partial charge in [0.25, 0.3) is 5.91 Å². The zero-order chi connectivity index (χ0) is 24.9. The van der Waals surface area contributed by atoms with Crippen LogP contribution < -0.4 is 21.0 Å². The van der Waals surface area contributed by atoms with Crippen molar-refractivity contribution >= 4 is 29.3 Å². The van der Waals surface area contributed by atoms with E-state index in [0.717, 1.165) is 6.07 Å². The van der Waals surface area contributed by atoms with E-state index < -0.39 is 47.8 Å². The van der Waals surface area contributed by atoms with Gasteiger partial charge in [-0.1, -0.05) is 11.6 Å². The van der Waals surface area contributed by atoms with Crippen LogP contribution in [-0.2, 0) is 19.1 Å². The summed E-state index contributed by atoms with van der Waals surface area (Å²) in [5, 5.41) is 1.56. The second kappa shape index (κ2) is 11.2. The molecule has 0 atom stereocenters. The van der Waals surface area contributed by atoms with Gasteiger partial charge in [-0.05, 0) is 37.8 Å². The van der Waals surface area contributed by atoms with Gasteiger partial charge in [0.15, 0.2) is 6.61 Å².